The molecule has 2 N–H and O–H groups in total. The fourth-order valence-corrected chi connectivity index (χ4v) is 2.81. The van der Waals surface area contributed by atoms with Crippen LogP contribution in [0.2, 0.25) is 5.02 Å². The first-order valence-electron chi connectivity index (χ1n) is 6.95. The number of fused-ring (bicyclic) bond motifs is 1. The zero-order valence-corrected chi connectivity index (χ0v) is 12.2. The highest BCUT2D eigenvalue weighted by atomic mass is 35.5. The van der Waals surface area contributed by atoms with E-state index >= 15 is 0 Å². The topological polar surface area (TPSA) is 54.0 Å². The van der Waals surface area contributed by atoms with E-state index in [4.69, 9.17) is 11.6 Å². The number of urea groups is 1. The van der Waals surface area contributed by atoms with Crippen LogP contribution in [-0.2, 0) is 13.0 Å². The number of rotatable bonds is 3. The minimum atomic E-state index is -0.173. The van der Waals surface area contributed by atoms with Gasteiger partial charge in [0.1, 0.15) is 0 Å². The van der Waals surface area contributed by atoms with Gasteiger partial charge in [-0.3, -0.25) is 4.98 Å². The maximum atomic E-state index is 12.0. The van der Waals surface area contributed by atoms with Crippen LogP contribution in [0.25, 0.3) is 0 Å². The number of carbonyl (C=O) groups excluding carboxylic acids is 1. The first-order chi connectivity index (χ1) is 10.2. The molecule has 0 saturated carbocycles. The predicted octanol–water partition coefficient (Wildman–Crippen LogP) is 3.22. The van der Waals surface area contributed by atoms with Gasteiger partial charge >= 0.3 is 6.03 Å². The lowest BCUT2D eigenvalue weighted by molar-refractivity contribution is 0.236. The molecule has 0 fully saturated rings. The summed E-state index contributed by atoms with van der Waals surface area (Å²) in [6.45, 7) is 0.423. The van der Waals surface area contributed by atoms with Crippen LogP contribution in [0.1, 0.15) is 29.3 Å². The van der Waals surface area contributed by atoms with E-state index in [2.05, 4.69) is 15.6 Å². The van der Waals surface area contributed by atoms with Crippen LogP contribution in [0.3, 0.4) is 0 Å². The maximum absolute atomic E-state index is 12.0. The average Bonchev–Trinajstić information content (AvgIpc) is 2.88. The molecule has 1 aromatic carbocycles. The molecule has 1 aliphatic carbocycles. The van der Waals surface area contributed by atoms with E-state index < -0.39 is 0 Å². The van der Waals surface area contributed by atoms with Crippen molar-refractivity contribution >= 4 is 17.6 Å². The number of hydrogen-bond donors (Lipinski definition) is 2. The van der Waals surface area contributed by atoms with Crippen molar-refractivity contribution < 1.29 is 4.79 Å². The Labute approximate surface area is 128 Å². The van der Waals surface area contributed by atoms with Gasteiger partial charge in [0.2, 0.25) is 0 Å². The van der Waals surface area contributed by atoms with E-state index in [9.17, 15) is 4.79 Å². The van der Waals surface area contributed by atoms with E-state index in [1.165, 1.54) is 5.56 Å². The van der Waals surface area contributed by atoms with Gasteiger partial charge in [-0.15, -0.1) is 0 Å². The molecule has 3 rings (SSSR count). The Bertz CT molecular complexity index is 645. The molecule has 0 spiro atoms. The van der Waals surface area contributed by atoms with Crippen molar-refractivity contribution in [1.82, 2.24) is 15.6 Å². The standard InChI is InChI=1S/C16H16ClN3O/c17-12-5-6-14-11(9-12)4-7-15(14)20-16(21)19-10-13-3-1-2-8-18-13/h1-3,5-6,8-9,15H,4,7,10H2,(H2,19,20,21)/t15-/m1/s1. The number of aryl methyl sites for hydroxylation is 1. The van der Waals surface area contributed by atoms with Crippen molar-refractivity contribution in [3.05, 3.63) is 64.4 Å². The number of pyridine rings is 1. The van der Waals surface area contributed by atoms with Crippen LogP contribution in [0.5, 0.6) is 0 Å². The van der Waals surface area contributed by atoms with Crippen LogP contribution in [-0.4, -0.2) is 11.0 Å². The van der Waals surface area contributed by atoms with E-state index in [1.807, 2.05) is 36.4 Å². The number of hydrogen-bond acceptors (Lipinski definition) is 2. The Hall–Kier alpha value is -2.07. The molecule has 1 heterocycles. The summed E-state index contributed by atoms with van der Waals surface area (Å²) in [6, 6.07) is 11.4. The Morgan fingerprint density at radius 3 is 3.05 bits per heavy atom. The third kappa shape index (κ3) is 3.34. The lowest BCUT2D eigenvalue weighted by Crippen LogP contribution is -2.37. The van der Waals surface area contributed by atoms with Gasteiger partial charge in [0.05, 0.1) is 18.3 Å². The van der Waals surface area contributed by atoms with Gasteiger partial charge in [0.25, 0.3) is 0 Å². The average molecular weight is 302 g/mol. The Kier molecular flexibility index (Phi) is 4.06. The predicted molar refractivity (Wildman–Crippen MR) is 82.1 cm³/mol. The molecule has 2 aromatic rings. The highest BCUT2D eigenvalue weighted by molar-refractivity contribution is 6.30. The molecule has 4 nitrogen and oxygen atoms in total. The molecule has 0 radical (unpaired) electrons. The number of aromatic nitrogens is 1. The summed E-state index contributed by atoms with van der Waals surface area (Å²) >= 11 is 5.99. The smallest absolute Gasteiger partial charge is 0.315 e. The normalized spacial score (nSPS) is 16.3. The molecule has 2 amide bonds. The lowest BCUT2D eigenvalue weighted by atomic mass is 10.1. The minimum Gasteiger partial charge on any atom is -0.332 e. The number of benzene rings is 1. The highest BCUT2D eigenvalue weighted by Crippen LogP contribution is 2.32. The van der Waals surface area contributed by atoms with E-state index in [0.29, 0.717) is 6.54 Å². The van der Waals surface area contributed by atoms with Crippen molar-refractivity contribution in [2.75, 3.05) is 0 Å². The molecule has 1 aliphatic rings. The van der Waals surface area contributed by atoms with E-state index in [-0.39, 0.29) is 12.1 Å². The summed E-state index contributed by atoms with van der Waals surface area (Å²) in [6.07, 6.45) is 3.57. The molecular formula is C16H16ClN3O. The van der Waals surface area contributed by atoms with Gasteiger partial charge in [-0.25, -0.2) is 4.79 Å². The van der Waals surface area contributed by atoms with E-state index in [0.717, 1.165) is 29.1 Å². The van der Waals surface area contributed by atoms with Gasteiger partial charge in [-0.05, 0) is 48.2 Å². The summed E-state index contributed by atoms with van der Waals surface area (Å²) in [5.41, 5.74) is 3.22. The molecular weight excluding hydrogens is 286 g/mol. The Morgan fingerprint density at radius 2 is 2.24 bits per heavy atom. The molecule has 1 aromatic heterocycles. The lowest BCUT2D eigenvalue weighted by Gasteiger charge is -2.15. The fourth-order valence-electron chi connectivity index (χ4n) is 2.62. The molecule has 0 unspecified atom stereocenters. The molecule has 0 saturated heterocycles. The Balaban J connectivity index is 1.57. The maximum Gasteiger partial charge on any atom is 0.315 e. The van der Waals surface area contributed by atoms with Crippen LogP contribution in [0.4, 0.5) is 4.79 Å². The molecule has 21 heavy (non-hydrogen) atoms. The molecule has 5 heteroatoms. The van der Waals surface area contributed by atoms with Crippen molar-refractivity contribution in [2.45, 2.75) is 25.4 Å². The zero-order valence-electron chi connectivity index (χ0n) is 11.5. The van der Waals surface area contributed by atoms with Gasteiger partial charge in [0.15, 0.2) is 0 Å². The first kappa shape index (κ1) is 13.9. The molecule has 0 bridgehead atoms. The van der Waals surface area contributed by atoms with Gasteiger partial charge < -0.3 is 10.6 Å². The summed E-state index contributed by atoms with van der Waals surface area (Å²) in [4.78, 5) is 16.1. The summed E-state index contributed by atoms with van der Waals surface area (Å²) in [5, 5.41) is 6.58. The minimum absolute atomic E-state index is 0.0565. The number of carbonyl (C=O) groups is 1. The first-order valence-corrected chi connectivity index (χ1v) is 7.33. The quantitative estimate of drug-likeness (QED) is 0.914. The van der Waals surface area contributed by atoms with Crippen LogP contribution >= 0.6 is 11.6 Å². The monoisotopic (exact) mass is 301 g/mol. The summed E-state index contributed by atoms with van der Waals surface area (Å²) in [7, 11) is 0. The van der Waals surface area contributed by atoms with Crippen molar-refractivity contribution in [3.8, 4) is 0 Å². The van der Waals surface area contributed by atoms with Crippen molar-refractivity contribution in [2.24, 2.45) is 0 Å². The third-order valence-corrected chi connectivity index (χ3v) is 3.88. The van der Waals surface area contributed by atoms with Crippen LogP contribution < -0.4 is 10.6 Å². The van der Waals surface area contributed by atoms with Crippen LogP contribution in [0, 0.1) is 0 Å². The second-order valence-electron chi connectivity index (χ2n) is 5.08. The Morgan fingerprint density at radius 1 is 1.33 bits per heavy atom. The zero-order chi connectivity index (χ0) is 14.7. The van der Waals surface area contributed by atoms with Crippen molar-refractivity contribution in [1.29, 1.82) is 0 Å². The summed E-state index contributed by atoms with van der Waals surface area (Å²) in [5.74, 6) is 0. The number of nitrogens with zero attached hydrogens (tertiary/aromatic N) is 1. The third-order valence-electron chi connectivity index (χ3n) is 3.64. The van der Waals surface area contributed by atoms with Crippen molar-refractivity contribution in [3.63, 3.8) is 0 Å². The second kappa shape index (κ2) is 6.14. The highest BCUT2D eigenvalue weighted by Gasteiger charge is 2.23. The van der Waals surface area contributed by atoms with Gasteiger partial charge in [0, 0.05) is 11.2 Å². The summed E-state index contributed by atoms with van der Waals surface area (Å²) < 4.78 is 0. The second-order valence-corrected chi connectivity index (χ2v) is 5.52. The van der Waals surface area contributed by atoms with E-state index in [1.54, 1.807) is 6.20 Å². The van der Waals surface area contributed by atoms with Crippen LogP contribution in [0.15, 0.2) is 42.6 Å². The molecule has 108 valence electrons. The molecule has 0 aliphatic heterocycles. The number of halogens is 1. The number of nitrogens with one attached hydrogen (secondary N) is 2. The van der Waals surface area contributed by atoms with Gasteiger partial charge in [-0.1, -0.05) is 23.7 Å². The van der Waals surface area contributed by atoms with Gasteiger partial charge in [-0.2, -0.15) is 0 Å². The number of amides is 2. The molecule has 1 atom stereocenters. The fraction of sp³-hybridized carbons (Fsp3) is 0.250. The largest absolute Gasteiger partial charge is 0.332 e. The SMILES string of the molecule is O=C(NCc1ccccn1)N[C@@H]1CCc2cc(Cl)ccc21.